The molecule has 0 N–H and O–H groups in total. The fraction of sp³-hybridized carbons (Fsp3) is 0.182. The number of benzene rings is 2. The third kappa shape index (κ3) is 2.54. The molecule has 0 bridgehead atoms. The van der Waals surface area contributed by atoms with Crippen LogP contribution in [0.1, 0.15) is 22.4 Å². The largest absolute Gasteiger partial charge is 0.497 e. The Morgan fingerprint density at radius 2 is 1.88 bits per heavy atom. The monoisotopic (exact) mass is 315 g/mol. The van der Waals surface area contributed by atoms with Gasteiger partial charge in [0.25, 0.3) is 0 Å². The van der Waals surface area contributed by atoms with Crippen molar-refractivity contribution in [3.05, 3.63) is 83.1 Å². The zero-order valence-corrected chi connectivity index (χ0v) is 14.1. The summed E-state index contributed by atoms with van der Waals surface area (Å²) in [6.45, 7) is 3.00. The molecule has 3 aromatic rings. The minimum absolute atomic E-state index is 0.878. The Bertz CT molecular complexity index is 942. The number of hydrogen-bond donors (Lipinski definition) is 0. The lowest BCUT2D eigenvalue weighted by Crippen LogP contribution is -2.02. The van der Waals surface area contributed by atoms with E-state index in [4.69, 9.17) is 4.74 Å². The molecule has 2 heteroatoms. The number of aromatic nitrogens is 1. The molecular weight excluding hydrogens is 294 g/mol. The van der Waals surface area contributed by atoms with E-state index in [-0.39, 0.29) is 0 Å². The first-order chi connectivity index (χ1) is 11.8. The number of nitrogens with zero attached hydrogens (tertiary/aromatic N) is 1. The summed E-state index contributed by atoms with van der Waals surface area (Å²) in [4.78, 5) is 0. The summed E-state index contributed by atoms with van der Waals surface area (Å²) in [5.41, 5.74) is 6.55. The number of fused-ring (bicyclic) bond motifs is 3. The second-order valence-electron chi connectivity index (χ2n) is 6.31. The summed E-state index contributed by atoms with van der Waals surface area (Å²) >= 11 is 0. The molecule has 0 saturated heterocycles. The molecule has 4 rings (SSSR count). The summed E-state index contributed by atoms with van der Waals surface area (Å²) in [5, 5.41) is 1.28. The molecule has 1 heterocycles. The molecule has 0 aliphatic heterocycles. The van der Waals surface area contributed by atoms with Crippen molar-refractivity contribution in [2.45, 2.75) is 19.9 Å². The lowest BCUT2D eigenvalue weighted by Gasteiger charge is -2.10. The molecule has 0 spiro atoms. The van der Waals surface area contributed by atoms with Crippen LogP contribution in [0.15, 0.2) is 60.7 Å². The summed E-state index contributed by atoms with van der Waals surface area (Å²) in [5.74, 6) is 0.912. The van der Waals surface area contributed by atoms with Crippen LogP contribution in [-0.4, -0.2) is 11.7 Å². The molecule has 0 fully saturated rings. The summed E-state index contributed by atoms with van der Waals surface area (Å²) in [6, 6.07) is 15.2. The van der Waals surface area contributed by atoms with E-state index in [0.29, 0.717) is 0 Å². The van der Waals surface area contributed by atoms with Crippen LogP contribution in [0.4, 0.5) is 0 Å². The molecule has 1 aromatic heterocycles. The van der Waals surface area contributed by atoms with E-state index < -0.39 is 0 Å². The third-order valence-electron chi connectivity index (χ3n) is 4.70. The second-order valence-corrected chi connectivity index (χ2v) is 6.31. The van der Waals surface area contributed by atoms with Gasteiger partial charge in [-0.2, -0.15) is 0 Å². The predicted octanol–water partition coefficient (Wildman–Crippen LogP) is 5.13. The van der Waals surface area contributed by atoms with E-state index in [1.54, 1.807) is 7.11 Å². The zero-order chi connectivity index (χ0) is 16.5. The molecule has 0 amide bonds. The van der Waals surface area contributed by atoms with Crippen LogP contribution in [0, 0.1) is 6.92 Å². The molecule has 2 aromatic carbocycles. The molecule has 120 valence electrons. The van der Waals surface area contributed by atoms with E-state index in [0.717, 1.165) is 18.7 Å². The van der Waals surface area contributed by atoms with Crippen LogP contribution >= 0.6 is 0 Å². The minimum Gasteiger partial charge on any atom is -0.497 e. The van der Waals surface area contributed by atoms with Crippen molar-refractivity contribution in [1.82, 2.24) is 4.57 Å². The van der Waals surface area contributed by atoms with E-state index in [1.807, 2.05) is 6.07 Å². The maximum absolute atomic E-state index is 5.44. The van der Waals surface area contributed by atoms with Crippen molar-refractivity contribution in [3.8, 4) is 5.75 Å². The molecular formula is C22H21NO. The Hall–Kier alpha value is -2.74. The summed E-state index contributed by atoms with van der Waals surface area (Å²) in [7, 11) is 1.73. The SMILES string of the molecule is COc1ccc2c(c1)c1c(n2Cc2ccc(C)cc2)C=CC=CC1. The topological polar surface area (TPSA) is 14.2 Å². The minimum atomic E-state index is 0.878. The Kier molecular flexibility index (Phi) is 3.73. The van der Waals surface area contributed by atoms with Crippen LogP contribution in [0.2, 0.25) is 0 Å². The zero-order valence-electron chi connectivity index (χ0n) is 14.1. The molecule has 1 aliphatic rings. The third-order valence-corrected chi connectivity index (χ3v) is 4.70. The highest BCUT2D eigenvalue weighted by Crippen LogP contribution is 2.32. The van der Waals surface area contributed by atoms with Crippen LogP contribution in [0.25, 0.3) is 17.0 Å². The van der Waals surface area contributed by atoms with Gasteiger partial charge < -0.3 is 9.30 Å². The molecule has 0 saturated carbocycles. The fourth-order valence-corrected chi connectivity index (χ4v) is 3.41. The smallest absolute Gasteiger partial charge is 0.119 e. The first-order valence-corrected chi connectivity index (χ1v) is 8.34. The van der Waals surface area contributed by atoms with Crippen LogP contribution in [0.5, 0.6) is 5.75 Å². The van der Waals surface area contributed by atoms with Crippen molar-refractivity contribution in [3.63, 3.8) is 0 Å². The Labute approximate surface area is 142 Å². The highest BCUT2D eigenvalue weighted by atomic mass is 16.5. The molecule has 0 atom stereocenters. The van der Waals surface area contributed by atoms with Gasteiger partial charge in [0.15, 0.2) is 0 Å². The normalized spacial score (nSPS) is 13.1. The first kappa shape index (κ1) is 14.8. The Balaban J connectivity index is 1.90. The van der Waals surface area contributed by atoms with Crippen molar-refractivity contribution >= 4 is 17.0 Å². The predicted molar refractivity (Wildman–Crippen MR) is 101 cm³/mol. The number of methoxy groups -OCH3 is 1. The van der Waals surface area contributed by atoms with Crippen molar-refractivity contribution < 1.29 is 4.74 Å². The van der Waals surface area contributed by atoms with Crippen LogP contribution < -0.4 is 4.74 Å². The van der Waals surface area contributed by atoms with E-state index in [9.17, 15) is 0 Å². The van der Waals surface area contributed by atoms with Gasteiger partial charge in [0.2, 0.25) is 0 Å². The molecule has 2 nitrogen and oxygen atoms in total. The Morgan fingerprint density at radius 3 is 2.67 bits per heavy atom. The number of hydrogen-bond acceptors (Lipinski definition) is 1. The highest BCUT2D eigenvalue weighted by molar-refractivity contribution is 5.90. The summed E-state index contributed by atoms with van der Waals surface area (Å²) < 4.78 is 7.85. The van der Waals surface area contributed by atoms with Gasteiger partial charge in [-0.3, -0.25) is 0 Å². The molecule has 0 radical (unpaired) electrons. The fourth-order valence-electron chi connectivity index (χ4n) is 3.41. The lowest BCUT2D eigenvalue weighted by atomic mass is 10.1. The van der Waals surface area contributed by atoms with Gasteiger partial charge in [-0.25, -0.2) is 0 Å². The van der Waals surface area contributed by atoms with Gasteiger partial charge in [0.1, 0.15) is 5.75 Å². The quantitative estimate of drug-likeness (QED) is 0.653. The van der Waals surface area contributed by atoms with Crippen molar-refractivity contribution in [1.29, 1.82) is 0 Å². The van der Waals surface area contributed by atoms with Gasteiger partial charge in [0.05, 0.1) is 7.11 Å². The van der Waals surface area contributed by atoms with Crippen molar-refractivity contribution in [2.24, 2.45) is 0 Å². The maximum atomic E-state index is 5.44. The van der Waals surface area contributed by atoms with E-state index in [1.165, 1.54) is 33.3 Å². The molecule has 1 aliphatic carbocycles. The van der Waals surface area contributed by atoms with Crippen LogP contribution in [0.3, 0.4) is 0 Å². The van der Waals surface area contributed by atoms with Gasteiger partial charge in [-0.15, -0.1) is 0 Å². The van der Waals surface area contributed by atoms with E-state index >= 15 is 0 Å². The number of rotatable bonds is 3. The van der Waals surface area contributed by atoms with Gasteiger partial charge in [-0.05, 0) is 48.7 Å². The maximum Gasteiger partial charge on any atom is 0.119 e. The van der Waals surface area contributed by atoms with Gasteiger partial charge >= 0.3 is 0 Å². The van der Waals surface area contributed by atoms with Gasteiger partial charge in [-0.1, -0.05) is 48.1 Å². The van der Waals surface area contributed by atoms with E-state index in [2.05, 4.69) is 72.2 Å². The highest BCUT2D eigenvalue weighted by Gasteiger charge is 2.16. The Morgan fingerprint density at radius 1 is 1.04 bits per heavy atom. The summed E-state index contributed by atoms with van der Waals surface area (Å²) in [6.07, 6.45) is 9.65. The number of allylic oxidation sites excluding steroid dienone is 3. The second kappa shape index (κ2) is 6.04. The molecule has 24 heavy (non-hydrogen) atoms. The molecule has 0 unspecified atom stereocenters. The number of aryl methyl sites for hydroxylation is 1. The number of ether oxygens (including phenoxy) is 1. The average Bonchev–Trinajstić information content (AvgIpc) is 2.77. The van der Waals surface area contributed by atoms with Crippen LogP contribution in [-0.2, 0) is 13.0 Å². The average molecular weight is 315 g/mol. The van der Waals surface area contributed by atoms with Crippen molar-refractivity contribution in [2.75, 3.05) is 7.11 Å². The first-order valence-electron chi connectivity index (χ1n) is 8.34. The van der Waals surface area contributed by atoms with Gasteiger partial charge in [0, 0.05) is 23.1 Å². The lowest BCUT2D eigenvalue weighted by molar-refractivity contribution is 0.415. The standard InChI is InChI=1S/C22H21NO/c1-16-8-10-17(11-9-16)15-23-21-7-5-3-4-6-19(21)20-14-18(24-2)12-13-22(20)23/h3-5,7-14H,6,15H2,1-2H3.